The van der Waals surface area contributed by atoms with Crippen LogP contribution in [0.15, 0.2) is 11.6 Å². The molecule has 0 aromatic heterocycles. The van der Waals surface area contributed by atoms with E-state index in [0.717, 1.165) is 12.6 Å². The molecule has 1 fully saturated rings. The average Bonchev–Trinajstić information content (AvgIpc) is 2.45. The summed E-state index contributed by atoms with van der Waals surface area (Å²) in [5.41, 5.74) is 2.08. The van der Waals surface area contributed by atoms with Crippen LogP contribution in [0.5, 0.6) is 0 Å². The molecule has 2 aliphatic rings. The average molecular weight is 278 g/mol. The van der Waals surface area contributed by atoms with Gasteiger partial charge in [0.05, 0.1) is 0 Å². The van der Waals surface area contributed by atoms with Gasteiger partial charge < -0.3 is 5.32 Å². The number of rotatable bonds is 4. The van der Waals surface area contributed by atoms with E-state index in [1.165, 1.54) is 51.6 Å². The van der Waals surface area contributed by atoms with E-state index < -0.39 is 0 Å². The van der Waals surface area contributed by atoms with Gasteiger partial charge in [-0.05, 0) is 43.9 Å². The van der Waals surface area contributed by atoms with Crippen molar-refractivity contribution in [1.29, 1.82) is 0 Å². The quantitative estimate of drug-likeness (QED) is 0.783. The van der Waals surface area contributed by atoms with Crippen LogP contribution in [-0.2, 0) is 0 Å². The number of nitrogens with one attached hydrogen (secondary N) is 1. The lowest BCUT2D eigenvalue weighted by molar-refractivity contribution is 0.0843. The molecule has 1 saturated heterocycles. The molecule has 2 heteroatoms. The maximum absolute atomic E-state index is 3.77. The topological polar surface area (TPSA) is 15.3 Å². The summed E-state index contributed by atoms with van der Waals surface area (Å²) in [5, 5.41) is 3.77. The van der Waals surface area contributed by atoms with E-state index in [1.807, 2.05) is 0 Å². The highest BCUT2D eigenvalue weighted by molar-refractivity contribution is 5.06. The van der Waals surface area contributed by atoms with Crippen LogP contribution in [0.25, 0.3) is 0 Å². The summed E-state index contributed by atoms with van der Waals surface area (Å²) in [6.45, 7) is 13.1. The molecule has 20 heavy (non-hydrogen) atoms. The molecule has 1 N–H and O–H groups in total. The van der Waals surface area contributed by atoms with Gasteiger partial charge in [-0.15, -0.1) is 0 Å². The summed E-state index contributed by atoms with van der Waals surface area (Å²) in [4.78, 5) is 2.75. The molecule has 0 aromatic rings. The van der Waals surface area contributed by atoms with Crippen LogP contribution in [-0.4, -0.2) is 36.6 Å². The Morgan fingerprint density at radius 1 is 1.30 bits per heavy atom. The van der Waals surface area contributed by atoms with E-state index in [-0.39, 0.29) is 0 Å². The highest BCUT2D eigenvalue weighted by Crippen LogP contribution is 2.26. The summed E-state index contributed by atoms with van der Waals surface area (Å²) >= 11 is 0. The van der Waals surface area contributed by atoms with Crippen LogP contribution in [0.4, 0.5) is 0 Å². The van der Waals surface area contributed by atoms with Gasteiger partial charge in [-0.1, -0.05) is 39.3 Å². The molecule has 1 aliphatic carbocycles. The van der Waals surface area contributed by atoms with Gasteiger partial charge >= 0.3 is 0 Å². The number of hydrogen-bond acceptors (Lipinski definition) is 2. The molecule has 2 unspecified atom stereocenters. The van der Waals surface area contributed by atoms with Crippen LogP contribution in [0.3, 0.4) is 0 Å². The van der Waals surface area contributed by atoms with Crippen molar-refractivity contribution in [1.82, 2.24) is 10.2 Å². The number of piperazine rings is 1. The normalized spacial score (nSPS) is 29.3. The molecule has 0 spiro atoms. The predicted octanol–water partition coefficient (Wildman–Crippen LogP) is 3.98. The maximum Gasteiger partial charge on any atom is 0.0244 e. The highest BCUT2D eigenvalue weighted by Gasteiger charge is 2.33. The van der Waals surface area contributed by atoms with Crippen molar-refractivity contribution in [2.45, 2.75) is 78.3 Å². The van der Waals surface area contributed by atoms with Crippen molar-refractivity contribution in [3.63, 3.8) is 0 Å². The van der Waals surface area contributed by atoms with Gasteiger partial charge in [0.1, 0.15) is 0 Å². The van der Waals surface area contributed by atoms with Gasteiger partial charge in [0.2, 0.25) is 0 Å². The minimum absolute atomic E-state index is 0.362. The van der Waals surface area contributed by atoms with Crippen LogP contribution < -0.4 is 5.32 Å². The largest absolute Gasteiger partial charge is 0.311 e. The molecule has 0 saturated carbocycles. The fourth-order valence-corrected chi connectivity index (χ4v) is 3.53. The Balaban J connectivity index is 1.89. The molecule has 0 bridgehead atoms. The van der Waals surface area contributed by atoms with Crippen molar-refractivity contribution in [2.24, 2.45) is 5.41 Å². The minimum atomic E-state index is 0.362. The zero-order valence-corrected chi connectivity index (χ0v) is 14.0. The van der Waals surface area contributed by atoms with E-state index in [9.17, 15) is 0 Å². The third-order valence-electron chi connectivity index (χ3n) is 5.16. The van der Waals surface area contributed by atoms with Crippen molar-refractivity contribution in [3.8, 4) is 0 Å². The Kier molecular flexibility index (Phi) is 5.68. The zero-order chi connectivity index (χ0) is 14.6. The van der Waals surface area contributed by atoms with Crippen molar-refractivity contribution in [3.05, 3.63) is 11.6 Å². The molecule has 2 nitrogen and oxygen atoms in total. The lowest BCUT2D eigenvalue weighted by Gasteiger charge is -2.45. The Morgan fingerprint density at radius 3 is 2.70 bits per heavy atom. The van der Waals surface area contributed by atoms with Crippen molar-refractivity contribution < 1.29 is 0 Å². The first-order valence-electron chi connectivity index (χ1n) is 8.66. The highest BCUT2D eigenvalue weighted by atomic mass is 15.2. The van der Waals surface area contributed by atoms with Gasteiger partial charge in [0, 0.05) is 31.7 Å². The minimum Gasteiger partial charge on any atom is -0.311 e. The van der Waals surface area contributed by atoms with Crippen LogP contribution in [0.2, 0.25) is 0 Å². The second-order valence-electron chi connectivity index (χ2n) is 7.74. The number of nitrogens with zero attached hydrogens (tertiary/aromatic N) is 1. The van der Waals surface area contributed by atoms with Gasteiger partial charge in [0.25, 0.3) is 0 Å². The maximum atomic E-state index is 3.77. The van der Waals surface area contributed by atoms with Gasteiger partial charge in [-0.25, -0.2) is 0 Å². The van der Waals surface area contributed by atoms with Crippen LogP contribution in [0, 0.1) is 5.41 Å². The molecule has 0 radical (unpaired) electrons. The molecule has 0 aromatic carbocycles. The molecular weight excluding hydrogens is 244 g/mol. The molecule has 1 heterocycles. The van der Waals surface area contributed by atoms with E-state index >= 15 is 0 Å². The fourth-order valence-electron chi connectivity index (χ4n) is 3.53. The predicted molar refractivity (Wildman–Crippen MR) is 88.1 cm³/mol. The molecule has 2 atom stereocenters. The van der Waals surface area contributed by atoms with E-state index in [2.05, 4.69) is 44.0 Å². The van der Waals surface area contributed by atoms with Gasteiger partial charge in [-0.3, -0.25) is 4.90 Å². The smallest absolute Gasteiger partial charge is 0.0244 e. The SMILES string of the molecule is CCC1CNC(C(C)(C)C)CN1CCC1=CCCCC1. The third kappa shape index (κ3) is 4.33. The zero-order valence-electron chi connectivity index (χ0n) is 14.0. The first kappa shape index (κ1) is 16.0. The second kappa shape index (κ2) is 7.09. The first-order chi connectivity index (χ1) is 9.50. The summed E-state index contributed by atoms with van der Waals surface area (Å²) in [6.07, 6.45) is 10.6. The number of hydrogen-bond donors (Lipinski definition) is 1. The standard InChI is InChI=1S/C18H34N2/c1-5-16-13-19-17(18(2,3)4)14-20(16)12-11-15-9-7-6-8-10-15/h9,16-17,19H,5-8,10-14H2,1-4H3. The molecule has 116 valence electrons. The Labute approximate surface area is 126 Å². The second-order valence-corrected chi connectivity index (χ2v) is 7.74. The lowest BCUT2D eigenvalue weighted by Crippen LogP contribution is -2.60. The van der Waals surface area contributed by atoms with Gasteiger partial charge in [0.15, 0.2) is 0 Å². The Hall–Kier alpha value is -0.340. The lowest BCUT2D eigenvalue weighted by atomic mass is 9.84. The monoisotopic (exact) mass is 278 g/mol. The van der Waals surface area contributed by atoms with Crippen LogP contribution in [0.1, 0.15) is 66.2 Å². The van der Waals surface area contributed by atoms with Crippen LogP contribution >= 0.6 is 0 Å². The summed E-state index contributed by atoms with van der Waals surface area (Å²) in [5.74, 6) is 0. The molecule has 1 aliphatic heterocycles. The summed E-state index contributed by atoms with van der Waals surface area (Å²) in [7, 11) is 0. The molecular formula is C18H34N2. The summed E-state index contributed by atoms with van der Waals surface area (Å²) < 4.78 is 0. The van der Waals surface area contributed by atoms with Crippen molar-refractivity contribution >= 4 is 0 Å². The van der Waals surface area contributed by atoms with Gasteiger partial charge in [-0.2, -0.15) is 0 Å². The third-order valence-corrected chi connectivity index (χ3v) is 5.16. The summed E-state index contributed by atoms with van der Waals surface area (Å²) in [6, 6.07) is 1.36. The van der Waals surface area contributed by atoms with E-state index in [0.29, 0.717) is 11.5 Å². The first-order valence-corrected chi connectivity index (χ1v) is 8.66. The Morgan fingerprint density at radius 2 is 2.10 bits per heavy atom. The van der Waals surface area contributed by atoms with E-state index in [4.69, 9.17) is 0 Å². The fraction of sp³-hybridized carbons (Fsp3) is 0.889. The number of allylic oxidation sites excluding steroid dienone is 1. The Bertz CT molecular complexity index is 327. The molecule has 2 rings (SSSR count). The van der Waals surface area contributed by atoms with Crippen molar-refractivity contribution in [2.75, 3.05) is 19.6 Å². The molecule has 0 amide bonds. The van der Waals surface area contributed by atoms with E-state index in [1.54, 1.807) is 5.57 Å².